The molecule has 0 spiro atoms. The molecular formula is C16H27NO3. The van der Waals surface area contributed by atoms with Gasteiger partial charge in [-0.2, -0.15) is 0 Å². The highest BCUT2D eigenvalue weighted by atomic mass is 16.4. The van der Waals surface area contributed by atoms with E-state index in [1.807, 2.05) is 0 Å². The van der Waals surface area contributed by atoms with Crippen molar-refractivity contribution in [1.82, 2.24) is 5.32 Å². The molecule has 1 aliphatic rings. The molecule has 1 amide bonds. The van der Waals surface area contributed by atoms with E-state index in [1.165, 1.54) is 13.3 Å². The second-order valence-corrected chi connectivity index (χ2v) is 6.89. The number of carboxylic acids is 1. The van der Waals surface area contributed by atoms with Gasteiger partial charge in [-0.15, -0.1) is 0 Å². The van der Waals surface area contributed by atoms with Crippen molar-refractivity contribution < 1.29 is 14.7 Å². The maximum Gasteiger partial charge on any atom is 0.331 e. The van der Waals surface area contributed by atoms with Crippen LogP contribution in [0.3, 0.4) is 0 Å². The van der Waals surface area contributed by atoms with Gasteiger partial charge in [0, 0.05) is 17.2 Å². The molecule has 1 aliphatic carbocycles. The van der Waals surface area contributed by atoms with Crippen LogP contribution in [-0.4, -0.2) is 23.0 Å². The summed E-state index contributed by atoms with van der Waals surface area (Å²) in [4.78, 5) is 23.1. The average molecular weight is 281 g/mol. The molecule has 1 saturated carbocycles. The predicted molar refractivity (Wildman–Crippen MR) is 79.4 cm³/mol. The smallest absolute Gasteiger partial charge is 0.331 e. The normalized spacial score (nSPS) is 24.9. The summed E-state index contributed by atoms with van der Waals surface area (Å²) in [6, 6.07) is 0.146. The molecule has 0 heterocycles. The predicted octanol–water partition coefficient (Wildman–Crippen LogP) is 3.13. The molecule has 1 fully saturated rings. The van der Waals surface area contributed by atoms with Crippen molar-refractivity contribution in [2.75, 3.05) is 0 Å². The number of carbonyl (C=O) groups excluding carboxylic acids is 1. The summed E-state index contributed by atoms with van der Waals surface area (Å²) in [6.45, 7) is 9.65. The van der Waals surface area contributed by atoms with Crippen molar-refractivity contribution >= 4 is 11.9 Å². The Morgan fingerprint density at radius 1 is 1.05 bits per heavy atom. The highest BCUT2D eigenvalue weighted by Crippen LogP contribution is 2.38. The Morgan fingerprint density at radius 3 is 2.10 bits per heavy atom. The molecule has 2 unspecified atom stereocenters. The van der Waals surface area contributed by atoms with Crippen LogP contribution in [0.4, 0.5) is 0 Å². The molecule has 4 nitrogen and oxygen atoms in total. The van der Waals surface area contributed by atoms with Crippen molar-refractivity contribution in [2.24, 2.45) is 11.3 Å². The third kappa shape index (κ3) is 4.09. The monoisotopic (exact) mass is 281 g/mol. The summed E-state index contributed by atoms with van der Waals surface area (Å²) in [7, 11) is 0. The van der Waals surface area contributed by atoms with Crippen molar-refractivity contribution in [3.63, 3.8) is 0 Å². The number of hydrogen-bond donors (Lipinski definition) is 2. The van der Waals surface area contributed by atoms with E-state index in [-0.39, 0.29) is 22.9 Å². The first kappa shape index (κ1) is 16.7. The van der Waals surface area contributed by atoms with Gasteiger partial charge in [0.1, 0.15) is 0 Å². The van der Waals surface area contributed by atoms with Crippen molar-refractivity contribution in [2.45, 2.75) is 66.3 Å². The van der Waals surface area contributed by atoms with Gasteiger partial charge in [-0.1, -0.05) is 33.6 Å². The highest BCUT2D eigenvalue weighted by Gasteiger charge is 2.35. The number of amides is 1. The van der Waals surface area contributed by atoms with Gasteiger partial charge in [-0.05, 0) is 38.0 Å². The number of rotatable bonds is 3. The minimum atomic E-state index is -1.03. The molecule has 0 aromatic rings. The molecule has 0 aromatic carbocycles. The Kier molecular flexibility index (Phi) is 5.37. The Labute approximate surface area is 121 Å². The zero-order chi connectivity index (χ0) is 15.5. The van der Waals surface area contributed by atoms with Crippen LogP contribution in [0.15, 0.2) is 11.1 Å². The van der Waals surface area contributed by atoms with E-state index < -0.39 is 5.97 Å². The van der Waals surface area contributed by atoms with Crippen LogP contribution in [-0.2, 0) is 9.59 Å². The lowest BCUT2D eigenvalue weighted by Gasteiger charge is -2.40. The first-order valence-electron chi connectivity index (χ1n) is 7.36. The molecule has 0 bridgehead atoms. The van der Waals surface area contributed by atoms with Gasteiger partial charge in [0.2, 0.25) is 5.91 Å². The van der Waals surface area contributed by atoms with Crippen LogP contribution in [0, 0.1) is 11.3 Å². The zero-order valence-electron chi connectivity index (χ0n) is 13.2. The Hall–Kier alpha value is -1.32. The third-order valence-corrected chi connectivity index (χ3v) is 4.42. The second-order valence-electron chi connectivity index (χ2n) is 6.89. The standard InChI is InChI=1S/C16H27NO3/c1-10(11(2)15(19)20)14(18)17-13-9-7-6-8-12(13)16(3,4)5/h12-13H,6-9H2,1-5H3,(H,17,18)(H,19,20). The van der Waals surface area contributed by atoms with E-state index in [9.17, 15) is 9.59 Å². The van der Waals surface area contributed by atoms with E-state index in [0.29, 0.717) is 11.5 Å². The molecule has 4 heteroatoms. The molecule has 0 radical (unpaired) electrons. The minimum absolute atomic E-state index is 0.116. The van der Waals surface area contributed by atoms with Crippen LogP contribution in [0.1, 0.15) is 60.3 Å². The molecule has 114 valence electrons. The maximum atomic E-state index is 12.2. The van der Waals surface area contributed by atoms with Crippen LogP contribution in [0.2, 0.25) is 0 Å². The van der Waals surface area contributed by atoms with Gasteiger partial charge < -0.3 is 10.4 Å². The summed E-state index contributed by atoms with van der Waals surface area (Å²) in [6.07, 6.45) is 4.43. The van der Waals surface area contributed by atoms with Crippen molar-refractivity contribution in [3.8, 4) is 0 Å². The van der Waals surface area contributed by atoms with Gasteiger partial charge in [0.15, 0.2) is 0 Å². The number of carbonyl (C=O) groups is 2. The first-order chi connectivity index (χ1) is 9.14. The highest BCUT2D eigenvalue weighted by molar-refractivity contribution is 6.01. The Bertz CT molecular complexity index is 418. The number of hydrogen-bond acceptors (Lipinski definition) is 2. The van der Waals surface area contributed by atoms with E-state index in [0.717, 1.165) is 19.3 Å². The second kappa shape index (κ2) is 6.42. The summed E-state index contributed by atoms with van der Waals surface area (Å²) >= 11 is 0. The van der Waals surface area contributed by atoms with Crippen LogP contribution in [0.25, 0.3) is 0 Å². The number of aliphatic carboxylic acids is 1. The van der Waals surface area contributed by atoms with Gasteiger partial charge in [0.25, 0.3) is 0 Å². The zero-order valence-corrected chi connectivity index (χ0v) is 13.2. The van der Waals surface area contributed by atoms with E-state index >= 15 is 0 Å². The summed E-state index contributed by atoms with van der Waals surface area (Å²) in [5, 5.41) is 12.0. The van der Waals surface area contributed by atoms with Crippen molar-refractivity contribution in [1.29, 1.82) is 0 Å². The van der Waals surface area contributed by atoms with E-state index in [2.05, 4.69) is 26.1 Å². The quantitative estimate of drug-likeness (QED) is 0.781. The van der Waals surface area contributed by atoms with Crippen LogP contribution >= 0.6 is 0 Å². The lowest BCUT2D eigenvalue weighted by Crippen LogP contribution is -2.47. The topological polar surface area (TPSA) is 66.4 Å². The molecule has 20 heavy (non-hydrogen) atoms. The molecule has 1 rings (SSSR count). The largest absolute Gasteiger partial charge is 0.478 e. The molecular weight excluding hydrogens is 254 g/mol. The number of carboxylic acid groups (broad SMARTS) is 1. The molecule has 2 atom stereocenters. The van der Waals surface area contributed by atoms with Gasteiger partial charge in [-0.25, -0.2) is 4.79 Å². The van der Waals surface area contributed by atoms with Gasteiger partial charge >= 0.3 is 5.97 Å². The Morgan fingerprint density at radius 2 is 1.60 bits per heavy atom. The Balaban J connectivity index is 2.82. The molecule has 2 N–H and O–H groups in total. The van der Waals surface area contributed by atoms with Crippen LogP contribution in [0.5, 0.6) is 0 Å². The minimum Gasteiger partial charge on any atom is -0.478 e. The number of nitrogens with one attached hydrogen (secondary N) is 1. The van der Waals surface area contributed by atoms with Crippen LogP contribution < -0.4 is 5.32 Å². The lowest BCUT2D eigenvalue weighted by atomic mass is 9.69. The fraction of sp³-hybridized carbons (Fsp3) is 0.750. The summed E-state index contributed by atoms with van der Waals surface area (Å²) in [5.41, 5.74) is 0.569. The summed E-state index contributed by atoms with van der Waals surface area (Å²) in [5.74, 6) is -0.835. The molecule has 0 saturated heterocycles. The third-order valence-electron chi connectivity index (χ3n) is 4.42. The average Bonchev–Trinajstić information content (AvgIpc) is 2.36. The fourth-order valence-electron chi connectivity index (χ4n) is 2.95. The lowest BCUT2D eigenvalue weighted by molar-refractivity contribution is -0.133. The van der Waals surface area contributed by atoms with Gasteiger partial charge in [0.05, 0.1) is 0 Å². The summed E-state index contributed by atoms with van der Waals surface area (Å²) < 4.78 is 0. The SMILES string of the molecule is CC(C(=O)O)=C(C)C(=O)NC1CCCCC1C(C)(C)C. The first-order valence-corrected chi connectivity index (χ1v) is 7.36. The van der Waals surface area contributed by atoms with Gasteiger partial charge in [-0.3, -0.25) is 4.79 Å². The molecule has 0 aromatic heterocycles. The maximum absolute atomic E-state index is 12.2. The van der Waals surface area contributed by atoms with E-state index in [4.69, 9.17) is 5.11 Å². The molecule has 0 aliphatic heterocycles. The van der Waals surface area contributed by atoms with Crippen molar-refractivity contribution in [3.05, 3.63) is 11.1 Å². The van der Waals surface area contributed by atoms with E-state index in [1.54, 1.807) is 6.92 Å². The fourth-order valence-corrected chi connectivity index (χ4v) is 2.95.